The maximum absolute atomic E-state index is 4.38. The smallest absolute Gasteiger partial charge is 0.150 e. The van der Waals surface area contributed by atoms with Crippen molar-refractivity contribution in [1.82, 2.24) is 20.1 Å². The molecule has 1 aromatic heterocycles. The van der Waals surface area contributed by atoms with Gasteiger partial charge < -0.3 is 9.88 Å². The number of rotatable bonds is 4. The molecule has 16 heavy (non-hydrogen) atoms. The van der Waals surface area contributed by atoms with Crippen LogP contribution in [0.1, 0.15) is 63.6 Å². The molecule has 90 valence electrons. The summed E-state index contributed by atoms with van der Waals surface area (Å²) in [7, 11) is 0. The van der Waals surface area contributed by atoms with Gasteiger partial charge in [-0.25, -0.2) is 0 Å². The van der Waals surface area contributed by atoms with Gasteiger partial charge in [0.25, 0.3) is 0 Å². The molecule has 1 aromatic rings. The van der Waals surface area contributed by atoms with Crippen LogP contribution in [0.15, 0.2) is 0 Å². The zero-order valence-corrected chi connectivity index (χ0v) is 10.5. The maximum atomic E-state index is 4.38. The van der Waals surface area contributed by atoms with E-state index in [1.165, 1.54) is 12.2 Å². The zero-order valence-electron chi connectivity index (χ0n) is 10.5. The van der Waals surface area contributed by atoms with Gasteiger partial charge in [-0.3, -0.25) is 0 Å². The van der Waals surface area contributed by atoms with Crippen LogP contribution in [0.4, 0.5) is 0 Å². The minimum Gasteiger partial charge on any atom is -0.312 e. The van der Waals surface area contributed by atoms with E-state index in [4.69, 9.17) is 0 Å². The molecule has 1 aliphatic heterocycles. The van der Waals surface area contributed by atoms with Gasteiger partial charge in [0.2, 0.25) is 0 Å². The number of aromatic nitrogens is 3. The predicted octanol–water partition coefficient (Wildman–Crippen LogP) is 2.24. The van der Waals surface area contributed by atoms with Crippen LogP contribution in [0, 0.1) is 0 Å². The Bertz CT molecular complexity index is 345. The molecule has 0 amide bonds. The first kappa shape index (κ1) is 11.6. The fourth-order valence-corrected chi connectivity index (χ4v) is 2.32. The standard InChI is InChI=1S/C12H22N4/c1-4-6-10-12-15-14-11(9(3)5-2)16(12)8-7-13-10/h9-10,13H,4-8H2,1-3H3. The molecule has 4 heteroatoms. The Labute approximate surface area is 97.5 Å². The average Bonchev–Trinajstić information content (AvgIpc) is 2.73. The van der Waals surface area contributed by atoms with Crippen molar-refractivity contribution in [1.29, 1.82) is 0 Å². The van der Waals surface area contributed by atoms with Crippen LogP contribution in [0.2, 0.25) is 0 Å². The summed E-state index contributed by atoms with van der Waals surface area (Å²) in [5.41, 5.74) is 0. The van der Waals surface area contributed by atoms with Gasteiger partial charge in [-0.15, -0.1) is 10.2 Å². The van der Waals surface area contributed by atoms with Crippen LogP contribution in [-0.2, 0) is 6.54 Å². The van der Waals surface area contributed by atoms with Crippen molar-refractivity contribution in [3.8, 4) is 0 Å². The monoisotopic (exact) mass is 222 g/mol. The minimum atomic E-state index is 0.407. The number of nitrogens with one attached hydrogen (secondary N) is 1. The van der Waals surface area contributed by atoms with Crippen molar-refractivity contribution < 1.29 is 0 Å². The molecule has 0 fully saturated rings. The topological polar surface area (TPSA) is 42.7 Å². The van der Waals surface area contributed by atoms with E-state index in [1.54, 1.807) is 0 Å². The Morgan fingerprint density at radius 2 is 2.25 bits per heavy atom. The van der Waals surface area contributed by atoms with Crippen molar-refractivity contribution in [3.63, 3.8) is 0 Å². The van der Waals surface area contributed by atoms with Crippen molar-refractivity contribution >= 4 is 0 Å². The van der Waals surface area contributed by atoms with Gasteiger partial charge in [-0.1, -0.05) is 27.2 Å². The summed E-state index contributed by atoms with van der Waals surface area (Å²) in [6, 6.07) is 0.407. The molecule has 2 rings (SSSR count). The first-order chi connectivity index (χ1) is 7.77. The van der Waals surface area contributed by atoms with Crippen LogP contribution < -0.4 is 5.32 Å². The summed E-state index contributed by atoms with van der Waals surface area (Å²) in [5, 5.41) is 12.3. The lowest BCUT2D eigenvalue weighted by Crippen LogP contribution is -2.34. The number of nitrogens with zero attached hydrogens (tertiary/aromatic N) is 3. The molecule has 1 aliphatic rings. The van der Waals surface area contributed by atoms with Crippen molar-refractivity contribution in [2.75, 3.05) is 6.54 Å². The molecule has 2 heterocycles. The second-order valence-corrected chi connectivity index (χ2v) is 4.67. The fourth-order valence-electron chi connectivity index (χ4n) is 2.32. The van der Waals surface area contributed by atoms with Gasteiger partial charge in [-0.2, -0.15) is 0 Å². The Hall–Kier alpha value is -0.900. The highest BCUT2D eigenvalue weighted by molar-refractivity contribution is 5.07. The molecule has 2 atom stereocenters. The largest absolute Gasteiger partial charge is 0.312 e. The summed E-state index contributed by atoms with van der Waals surface area (Å²) < 4.78 is 2.32. The second-order valence-electron chi connectivity index (χ2n) is 4.67. The number of hydrogen-bond donors (Lipinski definition) is 1. The Kier molecular flexibility index (Phi) is 3.59. The lowest BCUT2D eigenvalue weighted by Gasteiger charge is -2.25. The quantitative estimate of drug-likeness (QED) is 0.849. The molecule has 4 nitrogen and oxygen atoms in total. The van der Waals surface area contributed by atoms with Gasteiger partial charge >= 0.3 is 0 Å². The third-order valence-corrected chi connectivity index (χ3v) is 3.48. The highest BCUT2D eigenvalue weighted by Gasteiger charge is 2.25. The maximum Gasteiger partial charge on any atom is 0.150 e. The number of hydrogen-bond acceptors (Lipinski definition) is 3. The zero-order chi connectivity index (χ0) is 11.5. The first-order valence-electron chi connectivity index (χ1n) is 6.44. The van der Waals surface area contributed by atoms with Crippen LogP contribution >= 0.6 is 0 Å². The highest BCUT2D eigenvalue weighted by atomic mass is 15.3. The Balaban J connectivity index is 2.27. The molecule has 0 saturated heterocycles. The van der Waals surface area contributed by atoms with Gasteiger partial charge in [0, 0.05) is 19.0 Å². The van der Waals surface area contributed by atoms with E-state index in [0.29, 0.717) is 12.0 Å². The van der Waals surface area contributed by atoms with Crippen LogP contribution in [0.3, 0.4) is 0 Å². The fraction of sp³-hybridized carbons (Fsp3) is 0.833. The lowest BCUT2D eigenvalue weighted by molar-refractivity contribution is 0.384. The van der Waals surface area contributed by atoms with Gasteiger partial charge in [0.05, 0.1) is 6.04 Å². The SMILES string of the molecule is CCCC1NCCn2c(C(C)CC)nnc21. The summed E-state index contributed by atoms with van der Waals surface area (Å²) in [4.78, 5) is 0. The van der Waals surface area contributed by atoms with E-state index < -0.39 is 0 Å². The normalized spacial score (nSPS) is 21.8. The number of fused-ring (bicyclic) bond motifs is 1. The molecule has 0 bridgehead atoms. The Morgan fingerprint density at radius 1 is 1.44 bits per heavy atom. The van der Waals surface area contributed by atoms with Crippen LogP contribution in [-0.4, -0.2) is 21.3 Å². The molecule has 1 N–H and O–H groups in total. The third-order valence-electron chi connectivity index (χ3n) is 3.48. The second kappa shape index (κ2) is 4.95. The predicted molar refractivity (Wildman–Crippen MR) is 64.4 cm³/mol. The van der Waals surface area contributed by atoms with E-state index in [2.05, 4.69) is 40.9 Å². The summed E-state index contributed by atoms with van der Waals surface area (Å²) in [5.74, 6) is 2.82. The first-order valence-corrected chi connectivity index (χ1v) is 6.44. The molecule has 0 aromatic carbocycles. The van der Waals surface area contributed by atoms with E-state index >= 15 is 0 Å². The van der Waals surface area contributed by atoms with Crippen molar-refractivity contribution in [2.24, 2.45) is 0 Å². The summed E-state index contributed by atoms with van der Waals surface area (Å²) >= 11 is 0. The molecule has 0 saturated carbocycles. The molecule has 0 spiro atoms. The Morgan fingerprint density at radius 3 is 2.94 bits per heavy atom. The third kappa shape index (κ3) is 1.98. The molecule has 0 radical (unpaired) electrons. The van der Waals surface area contributed by atoms with Gasteiger partial charge in [0.15, 0.2) is 0 Å². The van der Waals surface area contributed by atoms with Crippen LogP contribution in [0.25, 0.3) is 0 Å². The molecule has 0 aliphatic carbocycles. The van der Waals surface area contributed by atoms with Crippen molar-refractivity contribution in [3.05, 3.63) is 11.6 Å². The van der Waals surface area contributed by atoms with E-state index in [0.717, 1.165) is 31.8 Å². The molecular formula is C12H22N4. The minimum absolute atomic E-state index is 0.407. The summed E-state index contributed by atoms with van der Waals surface area (Å²) in [6.45, 7) is 8.71. The van der Waals surface area contributed by atoms with E-state index in [9.17, 15) is 0 Å². The molecule has 2 unspecified atom stereocenters. The van der Waals surface area contributed by atoms with E-state index in [-0.39, 0.29) is 0 Å². The van der Waals surface area contributed by atoms with Crippen molar-refractivity contribution in [2.45, 2.75) is 58.5 Å². The van der Waals surface area contributed by atoms with Gasteiger partial charge in [-0.05, 0) is 12.8 Å². The lowest BCUT2D eigenvalue weighted by atomic mass is 10.1. The molecular weight excluding hydrogens is 200 g/mol. The summed E-state index contributed by atoms with van der Waals surface area (Å²) in [6.07, 6.45) is 3.46. The van der Waals surface area contributed by atoms with E-state index in [1.807, 2.05) is 0 Å². The van der Waals surface area contributed by atoms with Gasteiger partial charge in [0.1, 0.15) is 11.6 Å². The average molecular weight is 222 g/mol. The highest BCUT2D eigenvalue weighted by Crippen LogP contribution is 2.25. The van der Waals surface area contributed by atoms with Crippen LogP contribution in [0.5, 0.6) is 0 Å².